The first kappa shape index (κ1) is 18.5. The zero-order valence-electron chi connectivity index (χ0n) is 15.5. The van der Waals surface area contributed by atoms with Crippen LogP contribution in [0.25, 0.3) is 0 Å². The van der Waals surface area contributed by atoms with Crippen molar-refractivity contribution in [2.24, 2.45) is 0 Å². The highest BCUT2D eigenvalue weighted by atomic mass is 16.5. The highest BCUT2D eigenvalue weighted by Gasteiger charge is 2.09. The van der Waals surface area contributed by atoms with Crippen LogP contribution in [0.2, 0.25) is 0 Å². The Bertz CT molecular complexity index is 890. The van der Waals surface area contributed by atoms with Crippen LogP contribution in [0.4, 0.5) is 5.69 Å². The van der Waals surface area contributed by atoms with E-state index >= 15 is 0 Å². The molecule has 5 nitrogen and oxygen atoms in total. The second-order valence-corrected chi connectivity index (χ2v) is 6.27. The second kappa shape index (κ2) is 8.85. The molecule has 0 aliphatic rings. The number of carbonyl (C=O) groups excluding carboxylic acids is 1. The predicted molar refractivity (Wildman–Crippen MR) is 107 cm³/mol. The summed E-state index contributed by atoms with van der Waals surface area (Å²) in [6, 6.07) is 19.5. The summed E-state index contributed by atoms with van der Waals surface area (Å²) in [6.45, 7) is 3.16. The van der Waals surface area contributed by atoms with Gasteiger partial charge in [0.1, 0.15) is 11.4 Å². The number of carbonyl (C=O) groups is 1. The highest BCUT2D eigenvalue weighted by molar-refractivity contribution is 5.92. The summed E-state index contributed by atoms with van der Waals surface area (Å²) in [5.74, 6) is 0.535. The molecule has 27 heavy (non-hydrogen) atoms. The van der Waals surface area contributed by atoms with Crippen LogP contribution < -0.4 is 15.4 Å². The summed E-state index contributed by atoms with van der Waals surface area (Å²) in [5.41, 5.74) is 4.61. The first-order chi connectivity index (χ1) is 13.2. The summed E-state index contributed by atoms with van der Waals surface area (Å²) >= 11 is 0. The topological polar surface area (TPSA) is 63.2 Å². The maximum absolute atomic E-state index is 12.3. The van der Waals surface area contributed by atoms with Gasteiger partial charge in [-0.05, 0) is 30.7 Å². The molecule has 1 heterocycles. The lowest BCUT2D eigenvalue weighted by atomic mass is 10.1. The average molecular weight is 361 g/mol. The Kier molecular flexibility index (Phi) is 6.05. The minimum Gasteiger partial charge on any atom is -0.496 e. The average Bonchev–Trinajstić information content (AvgIpc) is 2.72. The number of para-hydroxylation sites is 1. The fourth-order valence-electron chi connectivity index (χ4n) is 2.66. The molecule has 5 heteroatoms. The number of benzene rings is 2. The van der Waals surface area contributed by atoms with Gasteiger partial charge in [-0.2, -0.15) is 0 Å². The summed E-state index contributed by atoms with van der Waals surface area (Å²) in [6.07, 6.45) is 1.67. The lowest BCUT2D eigenvalue weighted by molar-refractivity contribution is 0.0945. The number of pyridine rings is 1. The Morgan fingerprint density at radius 2 is 1.78 bits per heavy atom. The van der Waals surface area contributed by atoms with Gasteiger partial charge in [-0.15, -0.1) is 0 Å². The summed E-state index contributed by atoms with van der Waals surface area (Å²) in [4.78, 5) is 16.6. The van der Waals surface area contributed by atoms with Crippen LogP contribution in [-0.2, 0) is 13.1 Å². The normalized spacial score (nSPS) is 10.3. The SMILES string of the molecule is COc1ccccc1CNC(=O)c1ccc(NCc2ccc(C)cc2)cn1. The van der Waals surface area contributed by atoms with Gasteiger partial charge in [0.25, 0.3) is 5.91 Å². The molecule has 138 valence electrons. The molecule has 0 atom stereocenters. The van der Waals surface area contributed by atoms with E-state index in [1.165, 1.54) is 11.1 Å². The summed E-state index contributed by atoms with van der Waals surface area (Å²) < 4.78 is 5.29. The molecule has 0 unspecified atom stereocenters. The Morgan fingerprint density at radius 3 is 2.48 bits per heavy atom. The number of methoxy groups -OCH3 is 1. The third kappa shape index (κ3) is 5.07. The van der Waals surface area contributed by atoms with E-state index in [4.69, 9.17) is 4.74 Å². The molecule has 1 amide bonds. The van der Waals surface area contributed by atoms with Crippen LogP contribution in [0.5, 0.6) is 5.75 Å². The number of hydrogen-bond acceptors (Lipinski definition) is 4. The van der Waals surface area contributed by atoms with E-state index in [0.717, 1.165) is 17.0 Å². The Labute approximate surface area is 159 Å². The van der Waals surface area contributed by atoms with Crippen molar-refractivity contribution < 1.29 is 9.53 Å². The third-order valence-corrected chi connectivity index (χ3v) is 4.25. The molecule has 1 aromatic heterocycles. The highest BCUT2D eigenvalue weighted by Crippen LogP contribution is 2.17. The number of anilines is 1. The molecule has 2 N–H and O–H groups in total. The van der Waals surface area contributed by atoms with E-state index < -0.39 is 0 Å². The van der Waals surface area contributed by atoms with Crippen LogP contribution in [-0.4, -0.2) is 18.0 Å². The van der Waals surface area contributed by atoms with E-state index in [1.807, 2.05) is 30.3 Å². The monoisotopic (exact) mass is 361 g/mol. The molecule has 3 rings (SSSR count). The Morgan fingerprint density at radius 1 is 1.00 bits per heavy atom. The second-order valence-electron chi connectivity index (χ2n) is 6.27. The fourth-order valence-corrected chi connectivity index (χ4v) is 2.66. The van der Waals surface area contributed by atoms with Crippen molar-refractivity contribution >= 4 is 11.6 Å². The number of hydrogen-bond donors (Lipinski definition) is 2. The van der Waals surface area contributed by atoms with Gasteiger partial charge in [0.2, 0.25) is 0 Å². The van der Waals surface area contributed by atoms with Gasteiger partial charge in [0, 0.05) is 18.7 Å². The molecule has 0 fully saturated rings. The minimum atomic E-state index is -0.217. The summed E-state index contributed by atoms with van der Waals surface area (Å²) in [7, 11) is 1.62. The van der Waals surface area contributed by atoms with E-state index in [2.05, 4.69) is 46.8 Å². The Hall–Kier alpha value is -3.34. The van der Waals surface area contributed by atoms with Gasteiger partial charge >= 0.3 is 0 Å². The summed E-state index contributed by atoms with van der Waals surface area (Å²) in [5, 5.41) is 6.18. The number of ether oxygens (including phenoxy) is 1. The van der Waals surface area contributed by atoms with Crippen molar-refractivity contribution in [2.75, 3.05) is 12.4 Å². The number of nitrogens with zero attached hydrogens (tertiary/aromatic N) is 1. The van der Waals surface area contributed by atoms with Crippen molar-refractivity contribution in [1.82, 2.24) is 10.3 Å². The first-order valence-corrected chi connectivity index (χ1v) is 8.81. The zero-order valence-corrected chi connectivity index (χ0v) is 15.5. The van der Waals surface area contributed by atoms with Gasteiger partial charge in [-0.1, -0.05) is 48.0 Å². The fraction of sp³-hybridized carbons (Fsp3) is 0.182. The number of nitrogens with one attached hydrogen (secondary N) is 2. The minimum absolute atomic E-state index is 0.217. The zero-order chi connectivity index (χ0) is 19.1. The van der Waals surface area contributed by atoms with Gasteiger partial charge in [0.15, 0.2) is 0 Å². The molecule has 0 aliphatic carbocycles. The van der Waals surface area contributed by atoms with Gasteiger partial charge < -0.3 is 15.4 Å². The van der Waals surface area contributed by atoms with Gasteiger partial charge in [0.05, 0.1) is 19.0 Å². The molecule has 0 bridgehead atoms. The lowest BCUT2D eigenvalue weighted by Gasteiger charge is -2.10. The van der Waals surface area contributed by atoms with E-state index in [9.17, 15) is 4.79 Å². The first-order valence-electron chi connectivity index (χ1n) is 8.81. The van der Waals surface area contributed by atoms with Crippen molar-refractivity contribution in [2.45, 2.75) is 20.0 Å². The Balaban J connectivity index is 1.54. The van der Waals surface area contributed by atoms with E-state index in [-0.39, 0.29) is 5.91 Å². The van der Waals surface area contributed by atoms with Crippen LogP contribution in [0.15, 0.2) is 66.9 Å². The number of aryl methyl sites for hydroxylation is 1. The van der Waals surface area contributed by atoms with Crippen LogP contribution in [0.3, 0.4) is 0 Å². The predicted octanol–water partition coefficient (Wildman–Crippen LogP) is 3.94. The smallest absolute Gasteiger partial charge is 0.270 e. The van der Waals surface area contributed by atoms with Crippen molar-refractivity contribution in [3.8, 4) is 5.75 Å². The van der Waals surface area contributed by atoms with Crippen molar-refractivity contribution in [3.63, 3.8) is 0 Å². The molecule has 0 spiro atoms. The molecule has 0 radical (unpaired) electrons. The molecular weight excluding hydrogens is 338 g/mol. The van der Waals surface area contributed by atoms with Gasteiger partial charge in [-0.3, -0.25) is 4.79 Å². The lowest BCUT2D eigenvalue weighted by Crippen LogP contribution is -2.24. The van der Waals surface area contributed by atoms with Crippen LogP contribution in [0.1, 0.15) is 27.2 Å². The molecule has 0 saturated heterocycles. The quantitative estimate of drug-likeness (QED) is 0.669. The molecule has 0 aliphatic heterocycles. The van der Waals surface area contributed by atoms with E-state index in [1.54, 1.807) is 19.4 Å². The molecule has 0 saturated carbocycles. The molecule has 2 aromatic carbocycles. The maximum Gasteiger partial charge on any atom is 0.270 e. The van der Waals surface area contributed by atoms with Crippen molar-refractivity contribution in [3.05, 3.63) is 89.2 Å². The van der Waals surface area contributed by atoms with Crippen molar-refractivity contribution in [1.29, 1.82) is 0 Å². The maximum atomic E-state index is 12.3. The number of aromatic nitrogens is 1. The van der Waals surface area contributed by atoms with E-state index in [0.29, 0.717) is 18.8 Å². The molecule has 3 aromatic rings. The van der Waals surface area contributed by atoms with Crippen LogP contribution in [0, 0.1) is 6.92 Å². The number of rotatable bonds is 7. The third-order valence-electron chi connectivity index (χ3n) is 4.25. The number of amides is 1. The largest absolute Gasteiger partial charge is 0.496 e. The van der Waals surface area contributed by atoms with Gasteiger partial charge in [-0.25, -0.2) is 4.98 Å². The standard InChI is InChI=1S/C22H23N3O2/c1-16-7-9-17(10-8-16)13-23-19-11-12-20(24-15-19)22(26)25-14-18-5-3-4-6-21(18)27-2/h3-12,15,23H,13-14H2,1-2H3,(H,25,26). The molecular formula is C22H23N3O2. The van der Waals surface area contributed by atoms with Crippen LogP contribution >= 0.6 is 0 Å².